The second-order valence-corrected chi connectivity index (χ2v) is 5.93. The van der Waals surface area contributed by atoms with Crippen molar-refractivity contribution < 1.29 is 9.50 Å². The number of phenols is 1. The molecule has 2 aromatic carbocycles. The minimum atomic E-state index is -0.266. The predicted octanol–water partition coefficient (Wildman–Crippen LogP) is 4.73. The van der Waals surface area contributed by atoms with Crippen LogP contribution in [0.5, 0.6) is 5.75 Å². The third kappa shape index (κ3) is 1.99. The van der Waals surface area contributed by atoms with Crippen molar-refractivity contribution in [3.05, 3.63) is 57.4 Å². The van der Waals surface area contributed by atoms with E-state index < -0.39 is 0 Å². The average Bonchev–Trinajstić information content (AvgIpc) is 2.78. The van der Waals surface area contributed by atoms with Gasteiger partial charge in [0.15, 0.2) is 0 Å². The van der Waals surface area contributed by atoms with Crippen LogP contribution in [0.25, 0.3) is 16.6 Å². The van der Waals surface area contributed by atoms with Gasteiger partial charge in [-0.15, -0.1) is 0 Å². The number of benzene rings is 2. The molecular formula is C17H12BrFN2O. The summed E-state index contributed by atoms with van der Waals surface area (Å²) in [7, 11) is 0. The quantitative estimate of drug-likeness (QED) is 0.683. The molecule has 0 aliphatic rings. The smallest absolute Gasteiger partial charge is 0.130 e. The van der Waals surface area contributed by atoms with E-state index in [0.29, 0.717) is 21.0 Å². The van der Waals surface area contributed by atoms with Crippen LogP contribution in [0.3, 0.4) is 0 Å². The molecular weight excluding hydrogens is 347 g/mol. The van der Waals surface area contributed by atoms with Crippen molar-refractivity contribution in [1.82, 2.24) is 4.57 Å². The van der Waals surface area contributed by atoms with Gasteiger partial charge in [-0.1, -0.05) is 0 Å². The maximum absolute atomic E-state index is 13.5. The lowest BCUT2D eigenvalue weighted by molar-refractivity contribution is 0.473. The van der Waals surface area contributed by atoms with Gasteiger partial charge in [0.05, 0.1) is 15.6 Å². The molecule has 0 bridgehead atoms. The van der Waals surface area contributed by atoms with Crippen molar-refractivity contribution in [3.8, 4) is 17.5 Å². The monoisotopic (exact) mass is 358 g/mol. The first kappa shape index (κ1) is 14.6. The van der Waals surface area contributed by atoms with E-state index in [0.717, 1.165) is 16.9 Å². The summed E-state index contributed by atoms with van der Waals surface area (Å²) in [5, 5.41) is 20.0. The van der Waals surface area contributed by atoms with E-state index in [2.05, 4.69) is 22.0 Å². The molecule has 3 rings (SSSR count). The molecule has 0 saturated carbocycles. The van der Waals surface area contributed by atoms with Crippen LogP contribution >= 0.6 is 15.9 Å². The minimum Gasteiger partial charge on any atom is -0.507 e. The number of rotatable bonds is 1. The molecule has 0 spiro atoms. The highest BCUT2D eigenvalue weighted by Crippen LogP contribution is 2.38. The largest absolute Gasteiger partial charge is 0.507 e. The third-order valence-electron chi connectivity index (χ3n) is 3.80. The van der Waals surface area contributed by atoms with Gasteiger partial charge in [0.2, 0.25) is 0 Å². The standard InChI is InChI=1S/C17H12BrFN2O/c1-9-7-11(3-4-13(9)19)21-10(2)12(8-20)16-14(21)5-6-15(22)17(16)18/h3-7,22H,1-2H3. The lowest BCUT2D eigenvalue weighted by Gasteiger charge is -2.10. The minimum absolute atomic E-state index is 0.0800. The zero-order chi connectivity index (χ0) is 16.0. The summed E-state index contributed by atoms with van der Waals surface area (Å²) in [6, 6.07) is 10.3. The number of aromatic hydroxyl groups is 1. The molecule has 0 atom stereocenters. The normalized spacial score (nSPS) is 10.9. The molecule has 22 heavy (non-hydrogen) atoms. The average molecular weight is 359 g/mol. The van der Waals surface area contributed by atoms with Gasteiger partial charge < -0.3 is 9.67 Å². The Balaban J connectivity index is 2.45. The van der Waals surface area contributed by atoms with Crippen molar-refractivity contribution in [3.63, 3.8) is 0 Å². The van der Waals surface area contributed by atoms with E-state index in [1.807, 2.05) is 11.5 Å². The molecule has 1 heterocycles. The number of nitrogens with zero attached hydrogens (tertiary/aromatic N) is 2. The second-order valence-electron chi connectivity index (χ2n) is 5.13. The van der Waals surface area contributed by atoms with E-state index in [1.165, 1.54) is 6.07 Å². The molecule has 0 aliphatic carbocycles. The van der Waals surface area contributed by atoms with E-state index in [9.17, 15) is 14.8 Å². The SMILES string of the molecule is Cc1cc(-n2c(C)c(C#N)c3c(Br)c(O)ccc32)ccc1F. The number of nitriles is 1. The summed E-state index contributed by atoms with van der Waals surface area (Å²) in [5.41, 5.74) is 3.33. The van der Waals surface area contributed by atoms with Gasteiger partial charge in [-0.05, 0) is 65.7 Å². The van der Waals surface area contributed by atoms with Crippen molar-refractivity contribution in [1.29, 1.82) is 5.26 Å². The van der Waals surface area contributed by atoms with Crippen LogP contribution in [-0.2, 0) is 0 Å². The Labute approximate surface area is 135 Å². The van der Waals surface area contributed by atoms with Crippen LogP contribution < -0.4 is 0 Å². The Morgan fingerprint density at radius 3 is 2.59 bits per heavy atom. The molecule has 0 aliphatic heterocycles. The molecule has 0 unspecified atom stereocenters. The summed E-state index contributed by atoms with van der Waals surface area (Å²) in [5.74, 6) is -0.186. The molecule has 0 saturated heterocycles. The molecule has 1 N–H and O–H groups in total. The zero-order valence-corrected chi connectivity index (χ0v) is 13.6. The Morgan fingerprint density at radius 2 is 1.95 bits per heavy atom. The predicted molar refractivity (Wildman–Crippen MR) is 86.8 cm³/mol. The van der Waals surface area contributed by atoms with Crippen LogP contribution in [0.2, 0.25) is 0 Å². The maximum atomic E-state index is 13.5. The van der Waals surface area contributed by atoms with Gasteiger partial charge in [0, 0.05) is 16.8 Å². The molecule has 3 nitrogen and oxygen atoms in total. The lowest BCUT2D eigenvalue weighted by Crippen LogP contribution is -1.98. The highest BCUT2D eigenvalue weighted by molar-refractivity contribution is 9.10. The zero-order valence-electron chi connectivity index (χ0n) is 12.0. The van der Waals surface area contributed by atoms with Crippen molar-refractivity contribution >= 4 is 26.8 Å². The van der Waals surface area contributed by atoms with Gasteiger partial charge in [-0.2, -0.15) is 5.26 Å². The van der Waals surface area contributed by atoms with Crippen molar-refractivity contribution in [2.45, 2.75) is 13.8 Å². The number of fused-ring (bicyclic) bond motifs is 1. The fourth-order valence-corrected chi connectivity index (χ4v) is 3.22. The van der Waals surface area contributed by atoms with Crippen LogP contribution in [0, 0.1) is 31.0 Å². The highest BCUT2D eigenvalue weighted by Gasteiger charge is 2.19. The van der Waals surface area contributed by atoms with Gasteiger partial charge in [-0.25, -0.2) is 4.39 Å². The van der Waals surface area contributed by atoms with Gasteiger partial charge >= 0.3 is 0 Å². The first-order chi connectivity index (χ1) is 10.5. The van der Waals surface area contributed by atoms with E-state index in [4.69, 9.17) is 0 Å². The summed E-state index contributed by atoms with van der Waals surface area (Å²) in [4.78, 5) is 0. The Kier molecular flexibility index (Phi) is 3.42. The molecule has 1 aromatic heterocycles. The van der Waals surface area contributed by atoms with Crippen LogP contribution in [-0.4, -0.2) is 9.67 Å². The van der Waals surface area contributed by atoms with Crippen LogP contribution in [0.15, 0.2) is 34.8 Å². The Morgan fingerprint density at radius 1 is 1.23 bits per heavy atom. The van der Waals surface area contributed by atoms with E-state index >= 15 is 0 Å². The summed E-state index contributed by atoms with van der Waals surface area (Å²) in [6.07, 6.45) is 0. The number of phenolic OH excluding ortho intramolecular Hbond substituents is 1. The number of aryl methyl sites for hydroxylation is 1. The first-order valence-corrected chi connectivity index (χ1v) is 7.44. The molecule has 110 valence electrons. The number of hydrogen-bond donors (Lipinski definition) is 1. The van der Waals surface area contributed by atoms with Gasteiger partial charge in [0.1, 0.15) is 17.6 Å². The lowest BCUT2D eigenvalue weighted by atomic mass is 10.1. The van der Waals surface area contributed by atoms with Gasteiger partial charge in [-0.3, -0.25) is 0 Å². The van der Waals surface area contributed by atoms with E-state index in [-0.39, 0.29) is 11.6 Å². The molecule has 0 fully saturated rings. The molecule has 0 radical (unpaired) electrons. The van der Waals surface area contributed by atoms with Crippen molar-refractivity contribution in [2.75, 3.05) is 0 Å². The summed E-state index contributed by atoms with van der Waals surface area (Å²) in [6.45, 7) is 3.54. The third-order valence-corrected chi connectivity index (χ3v) is 4.60. The summed E-state index contributed by atoms with van der Waals surface area (Å²) >= 11 is 3.34. The fraction of sp³-hybridized carbons (Fsp3) is 0.118. The molecule has 0 amide bonds. The molecule has 3 aromatic rings. The number of halogens is 2. The van der Waals surface area contributed by atoms with Crippen molar-refractivity contribution in [2.24, 2.45) is 0 Å². The Bertz CT molecular complexity index is 954. The van der Waals surface area contributed by atoms with Gasteiger partial charge in [0.25, 0.3) is 0 Å². The second kappa shape index (κ2) is 5.15. The highest BCUT2D eigenvalue weighted by atomic mass is 79.9. The van der Waals surface area contributed by atoms with Crippen LogP contribution in [0.1, 0.15) is 16.8 Å². The fourth-order valence-electron chi connectivity index (χ4n) is 2.69. The molecule has 5 heteroatoms. The first-order valence-electron chi connectivity index (χ1n) is 6.64. The van der Waals surface area contributed by atoms with E-state index in [1.54, 1.807) is 31.2 Å². The summed E-state index contributed by atoms with van der Waals surface area (Å²) < 4.78 is 15.9. The number of hydrogen-bond acceptors (Lipinski definition) is 2. The van der Waals surface area contributed by atoms with Crippen LogP contribution in [0.4, 0.5) is 4.39 Å². The number of aromatic nitrogens is 1. The maximum Gasteiger partial charge on any atom is 0.130 e. The Hall–Kier alpha value is -2.32. The topological polar surface area (TPSA) is 49.0 Å².